The van der Waals surface area contributed by atoms with Crippen molar-refractivity contribution >= 4 is 33.8 Å². The molecule has 0 saturated carbocycles. The van der Waals surface area contributed by atoms with Crippen LogP contribution < -0.4 is 0 Å². The van der Waals surface area contributed by atoms with Gasteiger partial charge in [0.15, 0.2) is 5.01 Å². The second kappa shape index (κ2) is 5.02. The van der Waals surface area contributed by atoms with Crippen molar-refractivity contribution in [1.82, 2.24) is 9.97 Å². The standard InChI is InChI=1S/C15H12N2O2S/c1-9(18)6-10-8-20-15(17-10)14(19)12-7-16-13-5-3-2-4-11(12)13/h2-5,7-8,16H,6H2,1H3. The molecular weight excluding hydrogens is 272 g/mol. The zero-order chi connectivity index (χ0) is 14.1. The highest BCUT2D eigenvalue weighted by atomic mass is 32.1. The second-order valence-electron chi connectivity index (χ2n) is 4.60. The largest absolute Gasteiger partial charge is 0.360 e. The Kier molecular flexibility index (Phi) is 3.20. The summed E-state index contributed by atoms with van der Waals surface area (Å²) in [4.78, 5) is 30.9. The summed E-state index contributed by atoms with van der Waals surface area (Å²) in [6.07, 6.45) is 1.98. The number of aromatic nitrogens is 2. The van der Waals surface area contributed by atoms with Gasteiger partial charge in [-0.05, 0) is 13.0 Å². The van der Waals surface area contributed by atoms with Crippen molar-refractivity contribution in [2.75, 3.05) is 0 Å². The lowest BCUT2D eigenvalue weighted by Gasteiger charge is -1.95. The molecule has 0 bridgehead atoms. The molecule has 0 aliphatic heterocycles. The van der Waals surface area contributed by atoms with Crippen LogP contribution in [0.4, 0.5) is 0 Å². The van der Waals surface area contributed by atoms with E-state index in [2.05, 4.69) is 9.97 Å². The number of carbonyl (C=O) groups is 2. The molecule has 2 aromatic heterocycles. The quantitative estimate of drug-likeness (QED) is 0.749. The molecule has 0 saturated heterocycles. The third-order valence-electron chi connectivity index (χ3n) is 3.01. The molecule has 100 valence electrons. The third kappa shape index (κ3) is 2.28. The van der Waals surface area contributed by atoms with Gasteiger partial charge in [0.05, 0.1) is 11.3 Å². The zero-order valence-corrected chi connectivity index (χ0v) is 11.7. The number of Topliss-reactive ketones (excluding diaryl/α,β-unsaturated/α-hetero) is 1. The Morgan fingerprint density at radius 2 is 2.10 bits per heavy atom. The van der Waals surface area contributed by atoms with E-state index in [1.54, 1.807) is 11.6 Å². The Hall–Kier alpha value is -2.27. The van der Waals surface area contributed by atoms with Gasteiger partial charge in [0.2, 0.25) is 5.78 Å². The number of rotatable bonds is 4. The third-order valence-corrected chi connectivity index (χ3v) is 3.90. The van der Waals surface area contributed by atoms with Gasteiger partial charge in [-0.15, -0.1) is 11.3 Å². The molecule has 0 spiro atoms. The first-order chi connectivity index (χ1) is 9.65. The van der Waals surface area contributed by atoms with E-state index in [0.717, 1.165) is 10.9 Å². The highest BCUT2D eigenvalue weighted by molar-refractivity contribution is 7.12. The van der Waals surface area contributed by atoms with Crippen molar-refractivity contribution in [3.63, 3.8) is 0 Å². The first kappa shape index (κ1) is 12.7. The highest BCUT2D eigenvalue weighted by Crippen LogP contribution is 2.22. The maximum Gasteiger partial charge on any atom is 0.223 e. The summed E-state index contributed by atoms with van der Waals surface area (Å²) in [5.74, 6) is -0.0661. The molecular formula is C15H12N2O2S. The van der Waals surface area contributed by atoms with Crippen LogP contribution in [0.15, 0.2) is 35.8 Å². The minimum absolute atomic E-state index is 0.0430. The number of carbonyl (C=O) groups excluding carboxylic acids is 2. The van der Waals surface area contributed by atoms with Crippen molar-refractivity contribution in [2.45, 2.75) is 13.3 Å². The summed E-state index contributed by atoms with van der Waals surface area (Å²) in [5, 5.41) is 3.08. The molecule has 3 aromatic rings. The SMILES string of the molecule is CC(=O)Cc1csc(C(=O)c2c[nH]c3ccccc23)n1. The van der Waals surface area contributed by atoms with Crippen LogP contribution in [-0.4, -0.2) is 21.5 Å². The summed E-state index contributed by atoms with van der Waals surface area (Å²) in [7, 11) is 0. The summed E-state index contributed by atoms with van der Waals surface area (Å²) in [6.45, 7) is 1.51. The van der Waals surface area contributed by atoms with Crippen LogP contribution >= 0.6 is 11.3 Å². The summed E-state index contributed by atoms with van der Waals surface area (Å²) in [5.41, 5.74) is 2.20. The summed E-state index contributed by atoms with van der Waals surface area (Å²) < 4.78 is 0. The minimum Gasteiger partial charge on any atom is -0.360 e. The molecule has 0 unspecified atom stereocenters. The van der Waals surface area contributed by atoms with Crippen molar-refractivity contribution in [1.29, 1.82) is 0 Å². The van der Waals surface area contributed by atoms with Gasteiger partial charge in [-0.2, -0.15) is 0 Å². The molecule has 1 aromatic carbocycles. The van der Waals surface area contributed by atoms with Crippen LogP contribution in [-0.2, 0) is 11.2 Å². The fourth-order valence-electron chi connectivity index (χ4n) is 2.12. The summed E-state index contributed by atoms with van der Waals surface area (Å²) in [6, 6.07) is 7.65. The average Bonchev–Trinajstić information content (AvgIpc) is 3.03. The fraction of sp³-hybridized carbons (Fsp3) is 0.133. The average molecular weight is 284 g/mol. The molecule has 0 aliphatic rings. The number of hydrogen-bond donors (Lipinski definition) is 1. The first-order valence-corrected chi connectivity index (χ1v) is 7.08. The molecule has 0 fully saturated rings. The number of hydrogen-bond acceptors (Lipinski definition) is 4. The maximum atomic E-state index is 12.5. The molecule has 1 N–H and O–H groups in total. The van der Waals surface area contributed by atoms with E-state index in [1.165, 1.54) is 18.3 Å². The van der Waals surface area contributed by atoms with Gasteiger partial charge in [-0.25, -0.2) is 4.98 Å². The van der Waals surface area contributed by atoms with Crippen LogP contribution in [0.1, 0.15) is 28.0 Å². The fourth-order valence-corrected chi connectivity index (χ4v) is 2.89. The Labute approximate surface area is 119 Å². The molecule has 5 heteroatoms. The number of aromatic amines is 1. The molecule has 4 nitrogen and oxygen atoms in total. The van der Waals surface area contributed by atoms with E-state index in [1.807, 2.05) is 24.3 Å². The van der Waals surface area contributed by atoms with Gasteiger partial charge in [-0.1, -0.05) is 18.2 Å². The normalized spacial score (nSPS) is 10.8. The number of fused-ring (bicyclic) bond motifs is 1. The Morgan fingerprint density at radius 3 is 2.90 bits per heavy atom. The molecule has 2 heterocycles. The number of nitrogens with one attached hydrogen (secondary N) is 1. The van der Waals surface area contributed by atoms with Crippen LogP contribution in [0.3, 0.4) is 0 Å². The summed E-state index contributed by atoms with van der Waals surface area (Å²) >= 11 is 1.28. The van der Waals surface area contributed by atoms with Gasteiger partial charge in [0.25, 0.3) is 0 Å². The monoisotopic (exact) mass is 284 g/mol. The molecule has 0 atom stereocenters. The van der Waals surface area contributed by atoms with Gasteiger partial charge >= 0.3 is 0 Å². The molecule has 3 rings (SSSR count). The smallest absolute Gasteiger partial charge is 0.223 e. The Balaban J connectivity index is 1.96. The van der Waals surface area contributed by atoms with Crippen LogP contribution in [0.5, 0.6) is 0 Å². The molecule has 0 amide bonds. The lowest BCUT2D eigenvalue weighted by Crippen LogP contribution is -2.02. The van der Waals surface area contributed by atoms with Crippen LogP contribution in [0, 0.1) is 0 Å². The van der Waals surface area contributed by atoms with E-state index in [-0.39, 0.29) is 18.0 Å². The second-order valence-corrected chi connectivity index (χ2v) is 5.46. The van der Waals surface area contributed by atoms with E-state index >= 15 is 0 Å². The topological polar surface area (TPSA) is 62.8 Å². The first-order valence-electron chi connectivity index (χ1n) is 6.20. The van der Waals surface area contributed by atoms with E-state index in [0.29, 0.717) is 16.3 Å². The van der Waals surface area contributed by atoms with Crippen molar-refractivity contribution in [2.24, 2.45) is 0 Å². The van der Waals surface area contributed by atoms with Crippen molar-refractivity contribution in [3.8, 4) is 0 Å². The predicted octanol–water partition coefficient (Wildman–Crippen LogP) is 2.99. The number of ketones is 2. The minimum atomic E-state index is -0.109. The lowest BCUT2D eigenvalue weighted by molar-refractivity contribution is -0.116. The highest BCUT2D eigenvalue weighted by Gasteiger charge is 2.17. The van der Waals surface area contributed by atoms with Crippen molar-refractivity contribution < 1.29 is 9.59 Å². The Bertz CT molecular complexity index is 801. The Morgan fingerprint density at radius 1 is 1.30 bits per heavy atom. The number of H-pyrrole nitrogens is 1. The van der Waals surface area contributed by atoms with E-state index < -0.39 is 0 Å². The zero-order valence-electron chi connectivity index (χ0n) is 10.8. The number of benzene rings is 1. The van der Waals surface area contributed by atoms with Crippen molar-refractivity contribution in [3.05, 3.63) is 52.1 Å². The maximum absolute atomic E-state index is 12.5. The van der Waals surface area contributed by atoms with Gasteiger partial charge < -0.3 is 4.98 Å². The predicted molar refractivity (Wildman–Crippen MR) is 78.2 cm³/mol. The number of para-hydroxylation sites is 1. The van der Waals surface area contributed by atoms with Gasteiger partial charge in [0.1, 0.15) is 5.78 Å². The molecule has 20 heavy (non-hydrogen) atoms. The van der Waals surface area contributed by atoms with Gasteiger partial charge in [0, 0.05) is 28.9 Å². The number of nitrogens with zero attached hydrogens (tertiary/aromatic N) is 1. The van der Waals surface area contributed by atoms with E-state index in [9.17, 15) is 9.59 Å². The van der Waals surface area contributed by atoms with Crippen LogP contribution in [0.25, 0.3) is 10.9 Å². The van der Waals surface area contributed by atoms with Gasteiger partial charge in [-0.3, -0.25) is 9.59 Å². The number of thiazole rings is 1. The van der Waals surface area contributed by atoms with E-state index in [4.69, 9.17) is 0 Å². The van der Waals surface area contributed by atoms with Crippen LogP contribution in [0.2, 0.25) is 0 Å². The lowest BCUT2D eigenvalue weighted by atomic mass is 10.1. The molecule has 0 radical (unpaired) electrons. The molecule has 0 aliphatic carbocycles.